The lowest BCUT2D eigenvalue weighted by Gasteiger charge is -2.07. The summed E-state index contributed by atoms with van der Waals surface area (Å²) in [5, 5.41) is 3.55. The van der Waals surface area contributed by atoms with Crippen molar-refractivity contribution < 1.29 is 13.6 Å². The minimum Gasteiger partial charge on any atom is -0.438 e. The summed E-state index contributed by atoms with van der Waals surface area (Å²) in [5.41, 5.74) is 2.95. The van der Waals surface area contributed by atoms with Crippen LogP contribution in [0.5, 0.6) is 0 Å². The molecule has 0 aliphatic carbocycles. The fraction of sp³-hybridized carbons (Fsp3) is 0.0870. The molecule has 0 fully saturated rings. The van der Waals surface area contributed by atoms with Gasteiger partial charge in [-0.25, -0.2) is 14.4 Å². The summed E-state index contributed by atoms with van der Waals surface area (Å²) in [6.45, 7) is 3.60. The highest BCUT2D eigenvalue weighted by molar-refractivity contribution is 6.04. The van der Waals surface area contributed by atoms with Crippen LogP contribution in [0.2, 0.25) is 0 Å². The number of rotatable bonds is 3. The van der Waals surface area contributed by atoms with Crippen LogP contribution in [0.15, 0.2) is 76.1 Å². The third kappa shape index (κ3) is 4.06. The molecule has 0 radical (unpaired) electrons. The number of amides is 1. The number of carbonyl (C=O) groups is 1. The van der Waals surface area contributed by atoms with E-state index in [1.54, 1.807) is 31.2 Å². The van der Waals surface area contributed by atoms with Crippen molar-refractivity contribution in [3.8, 4) is 0 Å². The number of fused-ring (bicyclic) bond motifs is 1. The Morgan fingerprint density at radius 2 is 1.86 bits per heavy atom. The minimum absolute atomic E-state index is 0.142. The number of anilines is 1. The highest BCUT2D eigenvalue weighted by atomic mass is 19.1. The molecule has 2 heterocycles. The molecular formula is C23H18FN3O2. The lowest BCUT2D eigenvalue weighted by Crippen LogP contribution is -2.22. The number of hydrogen-bond acceptors (Lipinski definition) is 4. The van der Waals surface area contributed by atoms with Crippen molar-refractivity contribution in [1.82, 2.24) is 4.98 Å². The number of aromatic nitrogens is 1. The van der Waals surface area contributed by atoms with Crippen molar-refractivity contribution in [3.05, 3.63) is 94.9 Å². The maximum absolute atomic E-state index is 13.4. The summed E-state index contributed by atoms with van der Waals surface area (Å²) in [7, 11) is 0. The zero-order valence-electron chi connectivity index (χ0n) is 15.9. The Kier molecular flexibility index (Phi) is 4.91. The van der Waals surface area contributed by atoms with Gasteiger partial charge in [-0.1, -0.05) is 24.3 Å². The summed E-state index contributed by atoms with van der Waals surface area (Å²) < 4.78 is 19.4. The van der Waals surface area contributed by atoms with Gasteiger partial charge in [-0.3, -0.25) is 4.79 Å². The molecule has 2 aromatic heterocycles. The van der Waals surface area contributed by atoms with E-state index in [4.69, 9.17) is 4.42 Å². The standard InChI is InChI=1S/C23H18FN3O2/c1-14-12-17(24)10-11-19(14)26-23-18(13-16-7-3-4-8-20(16)29-23)22(28)27-21-9-5-6-15(2)25-21/h3-13H,1-2H3,(H,25,27,28). The number of para-hydroxylation sites is 1. The Labute approximate surface area is 166 Å². The molecule has 0 aliphatic heterocycles. The highest BCUT2D eigenvalue weighted by Crippen LogP contribution is 2.20. The molecule has 1 amide bonds. The van der Waals surface area contributed by atoms with Gasteiger partial charge < -0.3 is 9.73 Å². The molecule has 144 valence electrons. The molecule has 29 heavy (non-hydrogen) atoms. The van der Waals surface area contributed by atoms with Crippen LogP contribution in [0.4, 0.5) is 15.9 Å². The van der Waals surface area contributed by atoms with Crippen molar-refractivity contribution >= 4 is 28.4 Å². The Morgan fingerprint density at radius 3 is 2.66 bits per heavy atom. The quantitative estimate of drug-likeness (QED) is 0.534. The van der Waals surface area contributed by atoms with Crippen LogP contribution in [0.1, 0.15) is 21.6 Å². The summed E-state index contributed by atoms with van der Waals surface area (Å²) in [6, 6.07) is 18.7. The Bertz CT molecular complexity index is 1290. The maximum atomic E-state index is 13.4. The van der Waals surface area contributed by atoms with Crippen molar-refractivity contribution in [2.45, 2.75) is 13.8 Å². The van der Waals surface area contributed by atoms with Gasteiger partial charge in [0.2, 0.25) is 5.55 Å². The Hall–Kier alpha value is -3.80. The highest BCUT2D eigenvalue weighted by Gasteiger charge is 2.14. The lowest BCUT2D eigenvalue weighted by atomic mass is 10.1. The molecular weight excluding hydrogens is 369 g/mol. The van der Waals surface area contributed by atoms with Crippen LogP contribution in [0, 0.1) is 19.7 Å². The second-order valence-corrected chi connectivity index (χ2v) is 6.66. The smallest absolute Gasteiger partial charge is 0.262 e. The molecule has 4 rings (SSSR count). The molecule has 0 saturated carbocycles. The van der Waals surface area contributed by atoms with Crippen LogP contribution in [0.25, 0.3) is 11.0 Å². The van der Waals surface area contributed by atoms with E-state index in [-0.39, 0.29) is 16.9 Å². The summed E-state index contributed by atoms with van der Waals surface area (Å²) >= 11 is 0. The van der Waals surface area contributed by atoms with Crippen LogP contribution >= 0.6 is 0 Å². The van der Waals surface area contributed by atoms with Crippen LogP contribution in [0.3, 0.4) is 0 Å². The van der Waals surface area contributed by atoms with E-state index >= 15 is 0 Å². The third-order valence-electron chi connectivity index (χ3n) is 4.41. The first-order chi connectivity index (χ1) is 14.0. The minimum atomic E-state index is -0.392. The molecule has 6 heteroatoms. The van der Waals surface area contributed by atoms with Crippen molar-refractivity contribution in [1.29, 1.82) is 0 Å². The number of nitrogens with zero attached hydrogens (tertiary/aromatic N) is 2. The average molecular weight is 387 g/mol. The van der Waals surface area contributed by atoms with Gasteiger partial charge in [0.05, 0.1) is 5.69 Å². The van der Waals surface area contributed by atoms with E-state index in [0.29, 0.717) is 22.7 Å². The molecule has 0 spiro atoms. The number of carbonyl (C=O) groups excluding carboxylic acids is 1. The van der Waals surface area contributed by atoms with Gasteiger partial charge in [-0.15, -0.1) is 0 Å². The Balaban J connectivity index is 1.86. The van der Waals surface area contributed by atoms with Crippen molar-refractivity contribution in [2.24, 2.45) is 4.99 Å². The first-order valence-electron chi connectivity index (χ1n) is 9.08. The first-order valence-corrected chi connectivity index (χ1v) is 9.08. The van der Waals surface area contributed by atoms with E-state index in [9.17, 15) is 9.18 Å². The van der Waals surface area contributed by atoms with E-state index < -0.39 is 5.91 Å². The maximum Gasteiger partial charge on any atom is 0.262 e. The lowest BCUT2D eigenvalue weighted by molar-refractivity contribution is 0.102. The predicted octanol–water partition coefficient (Wildman–Crippen LogP) is 5.07. The summed E-state index contributed by atoms with van der Waals surface area (Å²) in [5.74, 6) is -0.302. The number of halogens is 1. The molecule has 0 bridgehead atoms. The van der Waals surface area contributed by atoms with E-state index in [1.807, 2.05) is 37.3 Å². The Morgan fingerprint density at radius 1 is 1.03 bits per heavy atom. The van der Waals surface area contributed by atoms with Crippen LogP contribution in [-0.4, -0.2) is 10.9 Å². The van der Waals surface area contributed by atoms with Crippen molar-refractivity contribution in [3.63, 3.8) is 0 Å². The SMILES string of the molecule is Cc1cccc(NC(=O)c2cc3ccccc3oc2=Nc2ccc(F)cc2C)n1. The largest absolute Gasteiger partial charge is 0.438 e. The van der Waals surface area contributed by atoms with Gasteiger partial charge >= 0.3 is 0 Å². The molecule has 0 saturated heterocycles. The molecule has 1 N–H and O–H groups in total. The fourth-order valence-electron chi connectivity index (χ4n) is 2.96. The van der Waals surface area contributed by atoms with Gasteiger partial charge in [0.15, 0.2) is 0 Å². The number of nitrogens with one attached hydrogen (secondary N) is 1. The molecule has 2 aromatic carbocycles. The van der Waals surface area contributed by atoms with Crippen molar-refractivity contribution in [2.75, 3.05) is 5.32 Å². The fourth-order valence-corrected chi connectivity index (χ4v) is 2.96. The number of hydrogen-bond donors (Lipinski definition) is 1. The first kappa shape index (κ1) is 18.6. The zero-order chi connectivity index (χ0) is 20.4. The van der Waals surface area contributed by atoms with E-state index in [0.717, 1.165) is 11.1 Å². The number of aryl methyl sites for hydroxylation is 2. The van der Waals surface area contributed by atoms with Gasteiger partial charge in [0.25, 0.3) is 5.91 Å². The molecule has 0 atom stereocenters. The van der Waals surface area contributed by atoms with Gasteiger partial charge in [-0.2, -0.15) is 0 Å². The number of benzene rings is 2. The van der Waals surface area contributed by atoms with Gasteiger partial charge in [-0.05, 0) is 61.9 Å². The van der Waals surface area contributed by atoms with E-state index in [2.05, 4.69) is 15.3 Å². The third-order valence-corrected chi connectivity index (χ3v) is 4.41. The monoisotopic (exact) mass is 387 g/mol. The molecule has 0 unspecified atom stereocenters. The molecule has 0 aliphatic rings. The summed E-state index contributed by atoms with van der Waals surface area (Å²) in [4.78, 5) is 21.8. The molecule has 5 nitrogen and oxygen atoms in total. The average Bonchev–Trinajstić information content (AvgIpc) is 2.69. The van der Waals surface area contributed by atoms with Gasteiger partial charge in [0.1, 0.15) is 22.8 Å². The second kappa shape index (κ2) is 7.67. The van der Waals surface area contributed by atoms with Gasteiger partial charge in [0, 0.05) is 11.1 Å². The second-order valence-electron chi connectivity index (χ2n) is 6.66. The zero-order valence-corrected chi connectivity index (χ0v) is 15.9. The van der Waals surface area contributed by atoms with Crippen LogP contribution in [-0.2, 0) is 0 Å². The summed E-state index contributed by atoms with van der Waals surface area (Å²) in [6.07, 6.45) is 0. The number of pyridine rings is 1. The normalized spacial score (nSPS) is 11.6. The van der Waals surface area contributed by atoms with E-state index in [1.165, 1.54) is 12.1 Å². The van der Waals surface area contributed by atoms with Crippen LogP contribution < -0.4 is 10.9 Å². The molecule has 4 aromatic rings. The topological polar surface area (TPSA) is 67.5 Å². The predicted molar refractivity (Wildman–Crippen MR) is 110 cm³/mol.